The highest BCUT2D eigenvalue weighted by Gasteiger charge is 2.17. The van der Waals surface area contributed by atoms with Gasteiger partial charge in [-0.3, -0.25) is 14.2 Å². The quantitative estimate of drug-likeness (QED) is 0.537. The number of hydrogen-bond donors (Lipinski definition) is 1. The first kappa shape index (κ1) is 18.2. The Labute approximate surface area is 174 Å². The first-order valence-corrected chi connectivity index (χ1v) is 11.2. The summed E-state index contributed by atoms with van der Waals surface area (Å²) in [6, 6.07) is 6.49. The summed E-state index contributed by atoms with van der Waals surface area (Å²) in [5, 5.41) is 7.57. The van der Waals surface area contributed by atoms with E-state index in [-0.39, 0.29) is 18.0 Å². The van der Waals surface area contributed by atoms with Gasteiger partial charge in [0.15, 0.2) is 5.13 Å². The number of anilines is 1. The van der Waals surface area contributed by atoms with Gasteiger partial charge >= 0.3 is 0 Å². The van der Waals surface area contributed by atoms with Crippen LogP contribution in [0.2, 0.25) is 0 Å². The van der Waals surface area contributed by atoms with Crippen molar-refractivity contribution in [2.75, 3.05) is 5.32 Å². The molecule has 6 nitrogen and oxygen atoms in total. The molecule has 29 heavy (non-hydrogen) atoms. The van der Waals surface area contributed by atoms with Crippen molar-refractivity contribution >= 4 is 43.9 Å². The average molecular weight is 423 g/mol. The molecule has 0 atom stereocenters. The molecule has 1 aliphatic carbocycles. The fraction of sp³-hybridized carbons (Fsp3) is 0.238. The highest BCUT2D eigenvalue weighted by atomic mass is 32.1. The van der Waals surface area contributed by atoms with Gasteiger partial charge in [-0.15, -0.1) is 22.7 Å². The third kappa shape index (κ3) is 3.49. The van der Waals surface area contributed by atoms with Crippen LogP contribution in [0.1, 0.15) is 24.0 Å². The average Bonchev–Trinajstić information content (AvgIpc) is 3.40. The number of fused-ring (bicyclic) bond motifs is 2. The van der Waals surface area contributed by atoms with Gasteiger partial charge in [0, 0.05) is 22.5 Å². The van der Waals surface area contributed by atoms with Gasteiger partial charge in [0.05, 0.1) is 11.7 Å². The van der Waals surface area contributed by atoms with Crippen molar-refractivity contribution < 1.29 is 4.79 Å². The van der Waals surface area contributed by atoms with Crippen LogP contribution in [0.25, 0.3) is 21.3 Å². The molecule has 0 bridgehead atoms. The minimum Gasteiger partial charge on any atom is -0.300 e. The smallest absolute Gasteiger partial charge is 0.263 e. The third-order valence-electron chi connectivity index (χ3n) is 5.21. The van der Waals surface area contributed by atoms with E-state index in [1.807, 2.05) is 5.38 Å². The van der Waals surface area contributed by atoms with Crippen LogP contribution in [-0.4, -0.2) is 20.4 Å². The van der Waals surface area contributed by atoms with Crippen LogP contribution in [0.4, 0.5) is 5.13 Å². The molecule has 0 aliphatic heterocycles. The number of carbonyl (C=O) groups is 1. The van der Waals surface area contributed by atoms with Gasteiger partial charge in [0.1, 0.15) is 11.4 Å². The molecule has 1 aromatic carbocycles. The number of hydrogen-bond acceptors (Lipinski definition) is 6. The lowest BCUT2D eigenvalue weighted by Crippen LogP contribution is -2.27. The number of amides is 1. The summed E-state index contributed by atoms with van der Waals surface area (Å²) < 4.78 is 1.36. The number of rotatable bonds is 4. The first-order chi connectivity index (χ1) is 14.2. The highest BCUT2D eigenvalue weighted by Crippen LogP contribution is 2.33. The van der Waals surface area contributed by atoms with Gasteiger partial charge < -0.3 is 5.32 Å². The van der Waals surface area contributed by atoms with Gasteiger partial charge in [-0.05, 0) is 42.4 Å². The van der Waals surface area contributed by atoms with Crippen LogP contribution in [0.5, 0.6) is 0 Å². The lowest BCUT2D eigenvalue weighted by atomic mass is 9.89. The topological polar surface area (TPSA) is 76.9 Å². The monoisotopic (exact) mass is 422 g/mol. The fourth-order valence-electron chi connectivity index (χ4n) is 3.79. The molecule has 0 unspecified atom stereocenters. The van der Waals surface area contributed by atoms with Gasteiger partial charge in [-0.2, -0.15) is 0 Å². The Balaban J connectivity index is 1.50. The maximum absolute atomic E-state index is 13.1. The van der Waals surface area contributed by atoms with Crippen molar-refractivity contribution in [2.45, 2.75) is 32.2 Å². The molecule has 3 aromatic heterocycles. The van der Waals surface area contributed by atoms with Crippen LogP contribution >= 0.6 is 22.7 Å². The highest BCUT2D eigenvalue weighted by molar-refractivity contribution is 7.17. The maximum Gasteiger partial charge on any atom is 0.263 e. The minimum absolute atomic E-state index is 0.0964. The Morgan fingerprint density at radius 3 is 2.83 bits per heavy atom. The lowest BCUT2D eigenvalue weighted by molar-refractivity contribution is -0.116. The lowest BCUT2D eigenvalue weighted by Gasteiger charge is -2.16. The Kier molecular flexibility index (Phi) is 4.73. The molecular formula is C21H18N4O2S2. The Hall–Kier alpha value is -2.84. The molecule has 0 spiro atoms. The summed E-state index contributed by atoms with van der Waals surface area (Å²) >= 11 is 2.79. The maximum atomic E-state index is 13.1. The summed E-state index contributed by atoms with van der Waals surface area (Å²) in [4.78, 5) is 34.6. The molecule has 0 saturated heterocycles. The summed E-state index contributed by atoms with van der Waals surface area (Å²) in [5.41, 5.74) is 4.53. The van der Waals surface area contributed by atoms with Crippen molar-refractivity contribution in [3.63, 3.8) is 0 Å². The SMILES string of the molecule is O=C(Cn1cnc2scc(-c3ccc4c(c3)CCCC4)c2c1=O)Nc1nccs1. The molecule has 1 aliphatic rings. The second kappa shape index (κ2) is 7.53. The van der Waals surface area contributed by atoms with Crippen molar-refractivity contribution in [1.29, 1.82) is 0 Å². The van der Waals surface area contributed by atoms with E-state index in [0.29, 0.717) is 15.3 Å². The van der Waals surface area contributed by atoms with E-state index in [0.717, 1.165) is 24.0 Å². The first-order valence-electron chi connectivity index (χ1n) is 9.47. The second-order valence-corrected chi connectivity index (χ2v) is 8.84. The molecule has 1 N–H and O–H groups in total. The number of benzene rings is 1. The van der Waals surface area contributed by atoms with Crippen LogP contribution < -0.4 is 10.9 Å². The Morgan fingerprint density at radius 2 is 2.00 bits per heavy atom. The van der Waals surface area contributed by atoms with Crippen LogP contribution in [0.3, 0.4) is 0 Å². The summed E-state index contributed by atoms with van der Waals surface area (Å²) in [7, 11) is 0. The number of aryl methyl sites for hydroxylation is 2. The van der Waals surface area contributed by atoms with Crippen molar-refractivity contribution in [1.82, 2.24) is 14.5 Å². The zero-order valence-electron chi connectivity index (χ0n) is 15.6. The largest absolute Gasteiger partial charge is 0.300 e. The standard InChI is InChI=1S/C21H18N4O2S2/c26-17(24-21-22-7-8-28-21)10-25-12-23-19-18(20(25)27)16(11-29-19)15-6-5-13-3-1-2-4-14(13)9-15/h5-9,11-12H,1-4,10H2,(H,22,24,26). The van der Waals surface area contributed by atoms with Crippen LogP contribution in [0, 0.1) is 0 Å². The van der Waals surface area contributed by atoms with Crippen molar-refractivity contribution in [3.05, 3.63) is 63.0 Å². The van der Waals surface area contributed by atoms with Gasteiger partial charge in [-0.25, -0.2) is 9.97 Å². The number of aromatic nitrogens is 3. The molecule has 4 aromatic rings. The van der Waals surface area contributed by atoms with E-state index in [9.17, 15) is 9.59 Å². The molecular weight excluding hydrogens is 404 g/mol. The van der Waals surface area contributed by atoms with Crippen molar-refractivity contribution in [3.8, 4) is 11.1 Å². The predicted octanol–water partition coefficient (Wildman–Crippen LogP) is 4.10. The molecule has 5 rings (SSSR count). The molecule has 0 radical (unpaired) electrons. The number of nitrogens with zero attached hydrogens (tertiary/aromatic N) is 3. The van der Waals surface area contributed by atoms with Crippen LogP contribution in [-0.2, 0) is 24.2 Å². The van der Waals surface area contributed by atoms with E-state index in [1.165, 1.54) is 57.5 Å². The normalized spacial score (nSPS) is 13.4. The number of carbonyl (C=O) groups excluding carboxylic acids is 1. The van der Waals surface area contributed by atoms with E-state index in [1.54, 1.807) is 11.6 Å². The predicted molar refractivity (Wildman–Crippen MR) is 117 cm³/mol. The van der Waals surface area contributed by atoms with E-state index in [4.69, 9.17) is 0 Å². The Morgan fingerprint density at radius 1 is 1.14 bits per heavy atom. The fourth-order valence-corrected chi connectivity index (χ4v) is 5.24. The summed E-state index contributed by atoms with van der Waals surface area (Å²) in [6.45, 7) is -0.0964. The molecule has 146 valence electrons. The number of thiophene rings is 1. The minimum atomic E-state index is -0.297. The third-order valence-corrected chi connectivity index (χ3v) is 6.79. The van der Waals surface area contributed by atoms with E-state index >= 15 is 0 Å². The summed E-state index contributed by atoms with van der Waals surface area (Å²) in [5.74, 6) is -0.297. The molecule has 0 saturated carbocycles. The Bertz CT molecular complexity index is 1260. The molecule has 1 amide bonds. The summed E-state index contributed by atoms with van der Waals surface area (Å²) in [6.07, 6.45) is 7.73. The van der Waals surface area contributed by atoms with Gasteiger partial charge in [-0.1, -0.05) is 18.2 Å². The van der Waals surface area contributed by atoms with E-state index < -0.39 is 0 Å². The zero-order valence-corrected chi connectivity index (χ0v) is 17.2. The van der Waals surface area contributed by atoms with Gasteiger partial charge in [0.2, 0.25) is 5.91 Å². The zero-order chi connectivity index (χ0) is 19.8. The second-order valence-electron chi connectivity index (χ2n) is 7.08. The van der Waals surface area contributed by atoms with Crippen LogP contribution in [0.15, 0.2) is 46.3 Å². The van der Waals surface area contributed by atoms with Crippen molar-refractivity contribution in [2.24, 2.45) is 0 Å². The molecule has 0 fully saturated rings. The van der Waals surface area contributed by atoms with Gasteiger partial charge in [0.25, 0.3) is 5.56 Å². The van der Waals surface area contributed by atoms with E-state index in [2.05, 4.69) is 33.5 Å². The number of thiazole rings is 1. The number of nitrogens with one attached hydrogen (secondary N) is 1. The molecule has 3 heterocycles. The molecule has 8 heteroatoms.